The predicted octanol–water partition coefficient (Wildman–Crippen LogP) is 1.41. The second-order valence-electron chi connectivity index (χ2n) is 3.73. The Hall–Kier alpha value is -0.990. The fraction of sp³-hybridized carbons (Fsp3) is 0.500. The standard InChI is InChI=1S/C8H11N5OS2/c1-8(2,9)6-11-5(14-13-6)3-15-7-12-10-4-16-7/h4H,3,9H2,1-2H3. The summed E-state index contributed by atoms with van der Waals surface area (Å²) < 4.78 is 5.97. The van der Waals surface area contributed by atoms with E-state index in [1.54, 1.807) is 5.51 Å². The van der Waals surface area contributed by atoms with Gasteiger partial charge in [0.25, 0.3) is 0 Å². The summed E-state index contributed by atoms with van der Waals surface area (Å²) >= 11 is 2.99. The quantitative estimate of drug-likeness (QED) is 0.828. The Balaban J connectivity index is 1.98. The van der Waals surface area contributed by atoms with Gasteiger partial charge in [-0.3, -0.25) is 0 Å². The highest BCUT2D eigenvalue weighted by Gasteiger charge is 2.21. The number of nitrogens with two attached hydrogens (primary N) is 1. The fourth-order valence-corrected chi connectivity index (χ4v) is 2.25. The van der Waals surface area contributed by atoms with Crippen molar-refractivity contribution >= 4 is 23.1 Å². The second-order valence-corrected chi connectivity index (χ2v) is 5.78. The summed E-state index contributed by atoms with van der Waals surface area (Å²) in [6, 6.07) is 0. The zero-order valence-corrected chi connectivity index (χ0v) is 10.5. The lowest BCUT2D eigenvalue weighted by Crippen LogP contribution is -2.30. The third-order valence-corrected chi connectivity index (χ3v) is 3.55. The largest absolute Gasteiger partial charge is 0.338 e. The molecule has 0 aromatic carbocycles. The van der Waals surface area contributed by atoms with E-state index in [2.05, 4.69) is 20.3 Å². The number of nitrogens with zero attached hydrogens (tertiary/aromatic N) is 4. The maximum absolute atomic E-state index is 5.85. The highest BCUT2D eigenvalue weighted by molar-refractivity contribution is 8.00. The zero-order valence-electron chi connectivity index (χ0n) is 8.88. The van der Waals surface area contributed by atoms with Gasteiger partial charge in [0.05, 0.1) is 11.3 Å². The first-order chi connectivity index (χ1) is 7.55. The fourth-order valence-electron chi connectivity index (χ4n) is 0.925. The van der Waals surface area contributed by atoms with Crippen molar-refractivity contribution in [3.05, 3.63) is 17.2 Å². The molecule has 8 heteroatoms. The normalized spacial score (nSPS) is 11.9. The lowest BCUT2D eigenvalue weighted by Gasteiger charge is -2.11. The van der Waals surface area contributed by atoms with Crippen molar-refractivity contribution in [3.8, 4) is 0 Å². The Morgan fingerprint density at radius 2 is 2.38 bits per heavy atom. The molecule has 0 aliphatic carbocycles. The van der Waals surface area contributed by atoms with E-state index in [1.807, 2.05) is 13.8 Å². The summed E-state index contributed by atoms with van der Waals surface area (Å²) in [4.78, 5) is 4.21. The summed E-state index contributed by atoms with van der Waals surface area (Å²) in [5.41, 5.74) is 6.96. The van der Waals surface area contributed by atoms with Gasteiger partial charge in [0, 0.05) is 0 Å². The maximum Gasteiger partial charge on any atom is 0.237 e. The molecule has 0 spiro atoms. The molecule has 0 saturated heterocycles. The van der Waals surface area contributed by atoms with Crippen molar-refractivity contribution < 1.29 is 4.52 Å². The van der Waals surface area contributed by atoms with Crippen LogP contribution in [0.1, 0.15) is 25.6 Å². The Morgan fingerprint density at radius 1 is 1.56 bits per heavy atom. The molecule has 0 saturated carbocycles. The topological polar surface area (TPSA) is 90.7 Å². The molecule has 0 radical (unpaired) electrons. The van der Waals surface area contributed by atoms with Crippen LogP contribution in [-0.2, 0) is 11.3 Å². The van der Waals surface area contributed by atoms with Crippen LogP contribution in [0.5, 0.6) is 0 Å². The molecule has 0 bridgehead atoms. The smallest absolute Gasteiger partial charge is 0.237 e. The van der Waals surface area contributed by atoms with Gasteiger partial charge in [0.2, 0.25) is 5.89 Å². The molecular formula is C8H11N5OS2. The number of hydrogen-bond donors (Lipinski definition) is 1. The van der Waals surface area contributed by atoms with Crippen molar-refractivity contribution in [2.75, 3.05) is 0 Å². The van der Waals surface area contributed by atoms with Gasteiger partial charge in [0.1, 0.15) is 5.51 Å². The Kier molecular flexibility index (Phi) is 3.22. The molecule has 0 unspecified atom stereocenters. The average molecular weight is 257 g/mol. The van der Waals surface area contributed by atoms with Crippen LogP contribution in [0.2, 0.25) is 0 Å². The molecule has 0 fully saturated rings. The van der Waals surface area contributed by atoms with Crippen molar-refractivity contribution in [3.63, 3.8) is 0 Å². The molecule has 2 aromatic rings. The summed E-state index contributed by atoms with van der Waals surface area (Å²) in [6.07, 6.45) is 0. The van der Waals surface area contributed by atoms with E-state index < -0.39 is 5.54 Å². The SMILES string of the molecule is CC(C)(N)c1noc(CSc2nncs2)n1. The van der Waals surface area contributed by atoms with Crippen molar-refractivity contribution in [2.24, 2.45) is 5.73 Å². The van der Waals surface area contributed by atoms with Gasteiger partial charge in [-0.2, -0.15) is 4.98 Å². The second kappa shape index (κ2) is 4.48. The molecule has 2 N–H and O–H groups in total. The van der Waals surface area contributed by atoms with Gasteiger partial charge in [0.15, 0.2) is 10.2 Å². The van der Waals surface area contributed by atoms with Crippen LogP contribution in [0.4, 0.5) is 0 Å². The van der Waals surface area contributed by atoms with Gasteiger partial charge in [-0.05, 0) is 13.8 Å². The predicted molar refractivity (Wildman–Crippen MR) is 61.0 cm³/mol. The van der Waals surface area contributed by atoms with E-state index in [0.717, 1.165) is 4.34 Å². The highest BCUT2D eigenvalue weighted by Crippen LogP contribution is 2.23. The lowest BCUT2D eigenvalue weighted by molar-refractivity contribution is 0.370. The van der Waals surface area contributed by atoms with Gasteiger partial charge in [-0.15, -0.1) is 10.2 Å². The molecule has 0 atom stereocenters. The third kappa shape index (κ3) is 2.77. The van der Waals surface area contributed by atoms with E-state index in [4.69, 9.17) is 10.3 Å². The van der Waals surface area contributed by atoms with Gasteiger partial charge < -0.3 is 10.3 Å². The summed E-state index contributed by atoms with van der Waals surface area (Å²) in [7, 11) is 0. The first kappa shape index (κ1) is 11.5. The van der Waals surface area contributed by atoms with E-state index in [0.29, 0.717) is 17.5 Å². The number of rotatable bonds is 4. The van der Waals surface area contributed by atoms with Gasteiger partial charge in [-0.1, -0.05) is 28.3 Å². The molecule has 2 heterocycles. The number of aromatic nitrogens is 4. The summed E-state index contributed by atoms with van der Waals surface area (Å²) in [6.45, 7) is 3.67. The Bertz CT molecular complexity index is 447. The van der Waals surface area contributed by atoms with Crippen LogP contribution in [0, 0.1) is 0 Å². The van der Waals surface area contributed by atoms with Gasteiger partial charge >= 0.3 is 0 Å². The minimum Gasteiger partial charge on any atom is -0.338 e. The third-order valence-electron chi connectivity index (χ3n) is 1.70. The highest BCUT2D eigenvalue weighted by atomic mass is 32.2. The molecule has 2 aromatic heterocycles. The molecular weight excluding hydrogens is 246 g/mol. The summed E-state index contributed by atoms with van der Waals surface area (Å²) in [5.74, 6) is 1.65. The first-order valence-corrected chi connectivity index (χ1v) is 6.43. The Morgan fingerprint density at radius 3 is 2.94 bits per heavy atom. The van der Waals surface area contributed by atoms with Crippen LogP contribution in [0.15, 0.2) is 14.4 Å². The van der Waals surface area contributed by atoms with Crippen molar-refractivity contribution in [2.45, 2.75) is 29.5 Å². The molecule has 6 nitrogen and oxygen atoms in total. The van der Waals surface area contributed by atoms with E-state index in [-0.39, 0.29) is 0 Å². The van der Waals surface area contributed by atoms with Crippen LogP contribution in [0.25, 0.3) is 0 Å². The van der Waals surface area contributed by atoms with Crippen molar-refractivity contribution in [1.82, 2.24) is 20.3 Å². The maximum atomic E-state index is 5.85. The number of thioether (sulfide) groups is 1. The van der Waals surface area contributed by atoms with Gasteiger partial charge in [-0.25, -0.2) is 0 Å². The van der Waals surface area contributed by atoms with E-state index in [1.165, 1.54) is 23.1 Å². The molecule has 2 rings (SSSR count). The lowest BCUT2D eigenvalue weighted by atomic mass is 10.1. The minimum absolute atomic E-state index is 0.514. The Labute approximate surface area is 101 Å². The van der Waals surface area contributed by atoms with Crippen molar-refractivity contribution in [1.29, 1.82) is 0 Å². The first-order valence-electron chi connectivity index (χ1n) is 4.56. The number of hydrogen-bond acceptors (Lipinski definition) is 8. The van der Waals surface area contributed by atoms with Crippen LogP contribution >= 0.6 is 23.1 Å². The molecule has 86 valence electrons. The molecule has 0 aliphatic rings. The zero-order chi connectivity index (χ0) is 11.6. The average Bonchev–Trinajstić information content (AvgIpc) is 2.85. The summed E-state index contributed by atoms with van der Waals surface area (Å²) in [5, 5.41) is 11.5. The molecule has 16 heavy (non-hydrogen) atoms. The monoisotopic (exact) mass is 257 g/mol. The molecule has 0 aliphatic heterocycles. The van der Waals surface area contributed by atoms with E-state index >= 15 is 0 Å². The van der Waals surface area contributed by atoms with Crippen LogP contribution < -0.4 is 5.73 Å². The van der Waals surface area contributed by atoms with E-state index in [9.17, 15) is 0 Å². The minimum atomic E-state index is -0.574. The van der Waals surface area contributed by atoms with Crippen LogP contribution in [-0.4, -0.2) is 20.3 Å². The van der Waals surface area contributed by atoms with Crippen LogP contribution in [0.3, 0.4) is 0 Å². The molecule has 0 amide bonds.